The zero-order valence-electron chi connectivity index (χ0n) is 6.39. The Morgan fingerprint density at radius 3 is 2.17 bits per heavy atom. The van der Waals surface area contributed by atoms with E-state index in [-0.39, 0.29) is 12.5 Å². The number of aliphatic carboxylic acids is 1. The highest BCUT2D eigenvalue weighted by molar-refractivity contribution is 7.16. The van der Waals surface area contributed by atoms with Crippen molar-refractivity contribution in [1.29, 1.82) is 5.41 Å². The summed E-state index contributed by atoms with van der Waals surface area (Å²) in [5.41, 5.74) is 4.93. The van der Waals surface area contributed by atoms with Gasteiger partial charge >= 0.3 is 14.7 Å². The van der Waals surface area contributed by atoms with Gasteiger partial charge in [0.25, 0.3) is 0 Å². The molecule has 7 nitrogen and oxygen atoms in total. The molecule has 0 amide bonds. The molecule has 0 heterocycles. The number of rotatable bonds is 2. The number of nitrogens with one attached hydrogen (secondary N) is 1. The summed E-state index contributed by atoms with van der Waals surface area (Å²) in [5.74, 6) is -1.23. The lowest BCUT2D eigenvalue weighted by atomic mass is 10.6. The summed E-state index contributed by atoms with van der Waals surface area (Å²) >= 11 is 0. The molecule has 0 saturated carbocycles. The van der Waals surface area contributed by atoms with E-state index >= 15 is 0 Å². The highest BCUT2D eigenvalue weighted by Crippen LogP contribution is 1.76. The molecular formula is C4H10N3O4P. The zero-order valence-corrected chi connectivity index (χ0v) is 7.28. The smallest absolute Gasteiger partial charge is 0.324 e. The molecule has 0 aliphatic carbocycles. The maximum atomic E-state index is 9.92. The molecule has 0 unspecified atom stereocenters. The molecule has 0 bridgehead atoms. The number of hydrogen-bond acceptors (Lipinski definition) is 3. The van der Waals surface area contributed by atoms with Crippen molar-refractivity contribution in [2.75, 3.05) is 13.6 Å². The van der Waals surface area contributed by atoms with E-state index in [0.29, 0.717) is 0 Å². The first-order valence-corrected chi connectivity index (χ1v) is 3.45. The van der Waals surface area contributed by atoms with Crippen LogP contribution in [0.15, 0.2) is 0 Å². The summed E-state index contributed by atoms with van der Waals surface area (Å²) in [4.78, 5) is 18.0. The van der Waals surface area contributed by atoms with Crippen molar-refractivity contribution >= 4 is 20.6 Å². The summed E-state index contributed by atoms with van der Waals surface area (Å²) in [6, 6.07) is 0. The van der Waals surface area contributed by atoms with Crippen molar-refractivity contribution in [2.45, 2.75) is 0 Å². The molecule has 0 aromatic heterocycles. The van der Waals surface area contributed by atoms with Crippen LogP contribution in [0.1, 0.15) is 0 Å². The molecule has 0 aliphatic heterocycles. The van der Waals surface area contributed by atoms with Crippen LogP contribution in [0.25, 0.3) is 0 Å². The number of nitrogens with zero attached hydrogens (tertiary/aromatic N) is 1. The van der Waals surface area contributed by atoms with Gasteiger partial charge in [-0.2, -0.15) is 0 Å². The minimum Gasteiger partial charge on any atom is -0.480 e. The van der Waals surface area contributed by atoms with E-state index in [0.717, 1.165) is 4.90 Å². The predicted molar refractivity (Wildman–Crippen MR) is 42.0 cm³/mol. The lowest BCUT2D eigenvalue weighted by Gasteiger charge is -2.12. The number of carbonyl (C=O) groups is 1. The van der Waals surface area contributed by atoms with E-state index in [4.69, 9.17) is 25.7 Å². The fourth-order valence-electron chi connectivity index (χ4n) is 0.288. The molecule has 8 heteroatoms. The number of nitrogens with two attached hydrogens (primary N) is 1. The fraction of sp³-hybridized carbons (Fsp3) is 0.500. The fourth-order valence-corrected chi connectivity index (χ4v) is 0.288. The third kappa shape index (κ3) is 11.6. The van der Waals surface area contributed by atoms with Crippen molar-refractivity contribution in [3.05, 3.63) is 0 Å². The second-order valence-corrected chi connectivity index (χ2v) is 1.88. The quantitative estimate of drug-likeness (QED) is 0.256. The Balaban J connectivity index is 0. The Morgan fingerprint density at radius 2 is 2.08 bits per heavy atom. The van der Waals surface area contributed by atoms with Crippen LogP contribution in [0.2, 0.25) is 0 Å². The van der Waals surface area contributed by atoms with Crippen LogP contribution >= 0.6 is 8.69 Å². The van der Waals surface area contributed by atoms with Gasteiger partial charge in [0.1, 0.15) is 6.54 Å². The van der Waals surface area contributed by atoms with Gasteiger partial charge in [0.2, 0.25) is 0 Å². The molecule has 5 N–H and O–H groups in total. The molecule has 0 aromatic rings. The van der Waals surface area contributed by atoms with Gasteiger partial charge in [-0.1, -0.05) is 0 Å². The van der Waals surface area contributed by atoms with Crippen molar-refractivity contribution < 1.29 is 19.4 Å². The SMILES string of the molecule is CN(CC(=O)O)C(=N)N.O=PO. The van der Waals surface area contributed by atoms with E-state index in [1.54, 1.807) is 0 Å². The number of guanidine groups is 1. The normalized spacial score (nSPS) is 8.17. The largest absolute Gasteiger partial charge is 0.480 e. The second-order valence-electron chi connectivity index (χ2n) is 1.72. The van der Waals surface area contributed by atoms with E-state index in [2.05, 4.69) is 0 Å². The molecule has 0 aliphatic rings. The highest BCUT2D eigenvalue weighted by atomic mass is 31.1. The Labute approximate surface area is 70.6 Å². The average molecular weight is 195 g/mol. The first-order chi connectivity index (χ1) is 5.45. The van der Waals surface area contributed by atoms with Gasteiger partial charge in [-0.05, 0) is 0 Å². The summed E-state index contributed by atoms with van der Waals surface area (Å²) in [6.45, 7) is -0.227. The summed E-state index contributed by atoms with van der Waals surface area (Å²) in [7, 11) is 0.608. The molecule has 0 atom stereocenters. The van der Waals surface area contributed by atoms with Crippen LogP contribution in [-0.4, -0.2) is 40.4 Å². The van der Waals surface area contributed by atoms with Gasteiger partial charge in [-0.25, -0.2) is 4.57 Å². The standard InChI is InChI=1S/C4H9N3O2.HO2P/c1-7(4(5)6)2-3(8)9;1-3-2/h2H2,1H3,(H3,5,6)(H,8,9);(H,1,2). The van der Waals surface area contributed by atoms with Crippen LogP contribution in [0.5, 0.6) is 0 Å². The molecule has 70 valence electrons. The molecule has 0 aromatic carbocycles. The predicted octanol–water partition coefficient (Wildman–Crippen LogP) is -0.918. The Morgan fingerprint density at radius 1 is 1.75 bits per heavy atom. The molecule has 0 rings (SSSR count). The third-order valence-corrected chi connectivity index (χ3v) is 0.784. The van der Waals surface area contributed by atoms with Crippen LogP contribution in [-0.2, 0) is 9.36 Å². The Bertz CT molecular complexity index is 174. The van der Waals surface area contributed by atoms with Crippen LogP contribution in [0, 0.1) is 5.41 Å². The number of carboxylic acid groups (broad SMARTS) is 1. The zero-order chi connectivity index (χ0) is 10.1. The maximum absolute atomic E-state index is 9.92. The number of hydrogen-bond donors (Lipinski definition) is 4. The monoisotopic (exact) mass is 195 g/mol. The lowest BCUT2D eigenvalue weighted by Crippen LogP contribution is -2.36. The van der Waals surface area contributed by atoms with Crippen LogP contribution in [0.4, 0.5) is 0 Å². The van der Waals surface area contributed by atoms with Crippen molar-refractivity contribution in [3.63, 3.8) is 0 Å². The van der Waals surface area contributed by atoms with Crippen molar-refractivity contribution in [1.82, 2.24) is 4.90 Å². The number of likely N-dealkylation sites (N-methyl/N-ethyl adjacent to an activating group) is 1. The van der Waals surface area contributed by atoms with E-state index in [1.807, 2.05) is 0 Å². The van der Waals surface area contributed by atoms with Gasteiger partial charge < -0.3 is 20.6 Å². The number of carboxylic acids is 1. The highest BCUT2D eigenvalue weighted by Gasteiger charge is 2.03. The summed E-state index contributed by atoms with van der Waals surface area (Å²) in [6.07, 6.45) is 0. The van der Waals surface area contributed by atoms with Crippen molar-refractivity contribution in [2.24, 2.45) is 5.73 Å². The molecule has 0 fully saturated rings. The van der Waals surface area contributed by atoms with E-state index in [1.165, 1.54) is 7.05 Å². The van der Waals surface area contributed by atoms with Crippen LogP contribution < -0.4 is 5.73 Å². The maximum Gasteiger partial charge on any atom is 0.324 e. The molecule has 12 heavy (non-hydrogen) atoms. The Hall–Kier alpha value is -1.20. The Kier molecular flexibility index (Phi) is 8.82. The minimum absolute atomic E-state index is 0.227. The minimum atomic E-state index is -0.993. The van der Waals surface area contributed by atoms with Gasteiger partial charge in [0, 0.05) is 7.05 Å². The average Bonchev–Trinajstić information content (AvgIpc) is 1.87. The van der Waals surface area contributed by atoms with E-state index in [9.17, 15) is 4.79 Å². The summed E-state index contributed by atoms with van der Waals surface area (Å²) in [5, 5.41) is 14.9. The third-order valence-electron chi connectivity index (χ3n) is 0.784. The first kappa shape index (κ1) is 13.4. The molecular weight excluding hydrogens is 185 g/mol. The molecule has 0 radical (unpaired) electrons. The first-order valence-electron chi connectivity index (χ1n) is 2.69. The molecule has 0 spiro atoms. The second kappa shape index (κ2) is 7.90. The topological polar surface area (TPSA) is 128 Å². The van der Waals surface area contributed by atoms with Gasteiger partial charge in [0.05, 0.1) is 0 Å². The lowest BCUT2D eigenvalue weighted by molar-refractivity contribution is -0.137. The van der Waals surface area contributed by atoms with E-state index < -0.39 is 14.7 Å². The summed E-state index contributed by atoms with van der Waals surface area (Å²) < 4.78 is 8.46. The van der Waals surface area contributed by atoms with Gasteiger partial charge in [0.15, 0.2) is 5.96 Å². The van der Waals surface area contributed by atoms with Crippen molar-refractivity contribution in [3.8, 4) is 0 Å². The van der Waals surface area contributed by atoms with Gasteiger partial charge in [-0.3, -0.25) is 10.2 Å². The molecule has 0 saturated heterocycles. The van der Waals surface area contributed by atoms with Crippen LogP contribution in [0.3, 0.4) is 0 Å². The van der Waals surface area contributed by atoms with Gasteiger partial charge in [-0.15, -0.1) is 0 Å².